The molecule has 1 amide bonds. The van der Waals surface area contributed by atoms with Crippen molar-refractivity contribution in [3.8, 4) is 0 Å². The van der Waals surface area contributed by atoms with E-state index in [1.165, 1.54) is 0 Å². The van der Waals surface area contributed by atoms with Crippen LogP contribution in [0.2, 0.25) is 0 Å². The standard InChI is InChI=1S/C10H15N3O3/c1-6(3-4-9(14)15)11-10(16)8-5-7(2)12-13-8/h5-6H,3-4H2,1-2H3,(H,11,16)(H,12,13)(H,14,15). The molecule has 0 radical (unpaired) electrons. The first-order valence-corrected chi connectivity index (χ1v) is 5.03. The predicted octanol–water partition coefficient (Wildman–Crippen LogP) is 0.701. The molecule has 1 aromatic rings. The molecule has 0 saturated heterocycles. The fourth-order valence-corrected chi connectivity index (χ4v) is 1.24. The van der Waals surface area contributed by atoms with Gasteiger partial charge in [-0.15, -0.1) is 0 Å². The lowest BCUT2D eigenvalue weighted by molar-refractivity contribution is -0.137. The zero-order valence-electron chi connectivity index (χ0n) is 9.28. The molecule has 1 unspecified atom stereocenters. The Morgan fingerprint density at radius 1 is 1.62 bits per heavy atom. The lowest BCUT2D eigenvalue weighted by atomic mass is 10.2. The SMILES string of the molecule is Cc1cc(C(=O)NC(C)CCC(=O)O)n[nH]1. The van der Waals surface area contributed by atoms with Crippen LogP contribution in [0.25, 0.3) is 0 Å². The first kappa shape index (κ1) is 12.2. The van der Waals surface area contributed by atoms with Gasteiger partial charge in [0.15, 0.2) is 0 Å². The molecule has 0 bridgehead atoms. The fraction of sp³-hybridized carbons (Fsp3) is 0.500. The summed E-state index contributed by atoms with van der Waals surface area (Å²) in [5.41, 5.74) is 1.13. The number of carboxylic acid groups (broad SMARTS) is 1. The van der Waals surface area contributed by atoms with Crippen LogP contribution in [0, 0.1) is 6.92 Å². The van der Waals surface area contributed by atoms with Crippen LogP contribution in [0.3, 0.4) is 0 Å². The van der Waals surface area contributed by atoms with Gasteiger partial charge in [0.05, 0.1) is 0 Å². The highest BCUT2D eigenvalue weighted by Gasteiger charge is 2.13. The van der Waals surface area contributed by atoms with Crippen molar-refractivity contribution in [2.75, 3.05) is 0 Å². The van der Waals surface area contributed by atoms with E-state index in [2.05, 4.69) is 15.5 Å². The first-order chi connectivity index (χ1) is 7.49. The summed E-state index contributed by atoms with van der Waals surface area (Å²) in [7, 11) is 0. The third-order valence-corrected chi connectivity index (χ3v) is 2.11. The summed E-state index contributed by atoms with van der Waals surface area (Å²) >= 11 is 0. The number of amides is 1. The number of nitrogens with one attached hydrogen (secondary N) is 2. The average molecular weight is 225 g/mol. The van der Waals surface area contributed by atoms with E-state index >= 15 is 0 Å². The maximum atomic E-state index is 11.6. The molecule has 0 spiro atoms. The smallest absolute Gasteiger partial charge is 0.303 e. The van der Waals surface area contributed by atoms with Gasteiger partial charge in [0.1, 0.15) is 5.69 Å². The van der Waals surface area contributed by atoms with Crippen LogP contribution >= 0.6 is 0 Å². The minimum Gasteiger partial charge on any atom is -0.481 e. The Balaban J connectivity index is 2.42. The third-order valence-electron chi connectivity index (χ3n) is 2.11. The van der Waals surface area contributed by atoms with Gasteiger partial charge in [-0.05, 0) is 26.3 Å². The van der Waals surface area contributed by atoms with Gasteiger partial charge in [0.25, 0.3) is 5.91 Å². The van der Waals surface area contributed by atoms with Crippen LogP contribution in [0.5, 0.6) is 0 Å². The number of carbonyl (C=O) groups excluding carboxylic acids is 1. The molecule has 0 aliphatic carbocycles. The summed E-state index contributed by atoms with van der Waals surface area (Å²) in [6, 6.07) is 1.46. The molecule has 3 N–H and O–H groups in total. The zero-order chi connectivity index (χ0) is 12.1. The molecule has 1 heterocycles. The second-order valence-corrected chi connectivity index (χ2v) is 3.74. The van der Waals surface area contributed by atoms with Crippen LogP contribution in [-0.4, -0.2) is 33.2 Å². The molecule has 16 heavy (non-hydrogen) atoms. The second-order valence-electron chi connectivity index (χ2n) is 3.74. The maximum Gasteiger partial charge on any atom is 0.303 e. The first-order valence-electron chi connectivity index (χ1n) is 5.03. The molecule has 0 aromatic carbocycles. The summed E-state index contributed by atoms with van der Waals surface area (Å²) in [6.07, 6.45) is 0.450. The average Bonchev–Trinajstić information content (AvgIpc) is 2.62. The number of nitrogens with zero attached hydrogens (tertiary/aromatic N) is 1. The molecule has 0 fully saturated rings. The quantitative estimate of drug-likeness (QED) is 0.687. The highest BCUT2D eigenvalue weighted by Crippen LogP contribution is 2.01. The van der Waals surface area contributed by atoms with E-state index in [0.717, 1.165) is 5.69 Å². The molecule has 1 atom stereocenters. The predicted molar refractivity (Wildman–Crippen MR) is 57.1 cm³/mol. The van der Waals surface area contributed by atoms with Gasteiger partial charge in [0, 0.05) is 18.2 Å². The Labute approximate surface area is 93.1 Å². The third kappa shape index (κ3) is 3.72. The number of hydrogen-bond acceptors (Lipinski definition) is 3. The number of aryl methyl sites for hydroxylation is 1. The highest BCUT2D eigenvalue weighted by atomic mass is 16.4. The summed E-state index contributed by atoms with van der Waals surface area (Å²) in [5, 5.41) is 17.6. The van der Waals surface area contributed by atoms with E-state index in [1.54, 1.807) is 19.9 Å². The van der Waals surface area contributed by atoms with E-state index in [1.807, 2.05) is 0 Å². The van der Waals surface area contributed by atoms with E-state index in [0.29, 0.717) is 12.1 Å². The molecular formula is C10H15N3O3. The molecule has 1 aromatic heterocycles. The Bertz CT molecular complexity index is 386. The van der Waals surface area contributed by atoms with Crippen LogP contribution < -0.4 is 5.32 Å². The molecule has 88 valence electrons. The number of aliphatic carboxylic acids is 1. The van der Waals surface area contributed by atoms with E-state index in [9.17, 15) is 9.59 Å². The van der Waals surface area contributed by atoms with Crippen LogP contribution in [0.15, 0.2) is 6.07 Å². The lowest BCUT2D eigenvalue weighted by Crippen LogP contribution is -2.33. The van der Waals surface area contributed by atoms with Crippen molar-refractivity contribution in [1.82, 2.24) is 15.5 Å². The van der Waals surface area contributed by atoms with Crippen molar-refractivity contribution in [3.63, 3.8) is 0 Å². The minimum atomic E-state index is -0.864. The molecule has 6 heteroatoms. The number of aromatic amines is 1. The van der Waals surface area contributed by atoms with Gasteiger partial charge in [-0.2, -0.15) is 5.10 Å². The van der Waals surface area contributed by atoms with Crippen molar-refractivity contribution in [1.29, 1.82) is 0 Å². The van der Waals surface area contributed by atoms with Crippen LogP contribution in [0.4, 0.5) is 0 Å². The topological polar surface area (TPSA) is 95.1 Å². The largest absolute Gasteiger partial charge is 0.481 e. The molecule has 1 rings (SSSR count). The van der Waals surface area contributed by atoms with Gasteiger partial charge in [-0.3, -0.25) is 14.7 Å². The molecule has 0 aliphatic heterocycles. The zero-order valence-corrected chi connectivity index (χ0v) is 9.28. The van der Waals surface area contributed by atoms with Crippen LogP contribution in [0.1, 0.15) is 35.9 Å². The monoisotopic (exact) mass is 225 g/mol. The Hall–Kier alpha value is -1.85. The van der Waals surface area contributed by atoms with Crippen molar-refractivity contribution in [2.45, 2.75) is 32.7 Å². The summed E-state index contributed by atoms with van der Waals surface area (Å²) in [5.74, 6) is -1.15. The van der Waals surface area contributed by atoms with E-state index < -0.39 is 5.97 Å². The van der Waals surface area contributed by atoms with E-state index in [-0.39, 0.29) is 18.4 Å². The van der Waals surface area contributed by atoms with E-state index in [4.69, 9.17) is 5.11 Å². The fourth-order valence-electron chi connectivity index (χ4n) is 1.24. The number of rotatable bonds is 5. The Kier molecular flexibility index (Phi) is 4.04. The molecular weight excluding hydrogens is 210 g/mol. The van der Waals surface area contributed by atoms with Crippen molar-refractivity contribution < 1.29 is 14.7 Å². The number of aromatic nitrogens is 2. The van der Waals surface area contributed by atoms with Crippen molar-refractivity contribution in [3.05, 3.63) is 17.5 Å². The van der Waals surface area contributed by atoms with Gasteiger partial charge in [0.2, 0.25) is 0 Å². The lowest BCUT2D eigenvalue weighted by Gasteiger charge is -2.10. The van der Waals surface area contributed by atoms with Crippen molar-refractivity contribution >= 4 is 11.9 Å². The second kappa shape index (κ2) is 5.29. The minimum absolute atomic E-state index is 0.0427. The Morgan fingerprint density at radius 2 is 2.31 bits per heavy atom. The number of carbonyl (C=O) groups is 2. The van der Waals surface area contributed by atoms with Crippen LogP contribution in [-0.2, 0) is 4.79 Å². The normalized spacial score (nSPS) is 12.1. The van der Waals surface area contributed by atoms with Crippen molar-refractivity contribution in [2.24, 2.45) is 0 Å². The highest BCUT2D eigenvalue weighted by molar-refractivity contribution is 5.92. The maximum absolute atomic E-state index is 11.6. The van der Waals surface area contributed by atoms with Gasteiger partial charge in [-0.1, -0.05) is 0 Å². The number of carboxylic acids is 1. The molecule has 0 aliphatic rings. The molecule has 6 nitrogen and oxygen atoms in total. The summed E-state index contributed by atoms with van der Waals surface area (Å²) < 4.78 is 0. The number of H-pyrrole nitrogens is 1. The van der Waals surface area contributed by atoms with Gasteiger partial charge in [-0.25, -0.2) is 0 Å². The van der Waals surface area contributed by atoms with Gasteiger partial charge >= 0.3 is 5.97 Å². The summed E-state index contributed by atoms with van der Waals surface area (Å²) in [6.45, 7) is 3.57. The number of hydrogen-bond donors (Lipinski definition) is 3. The summed E-state index contributed by atoms with van der Waals surface area (Å²) in [4.78, 5) is 21.9. The van der Waals surface area contributed by atoms with Gasteiger partial charge < -0.3 is 10.4 Å². The molecule has 0 saturated carbocycles. The Morgan fingerprint density at radius 3 is 2.81 bits per heavy atom.